The van der Waals surface area contributed by atoms with Crippen LogP contribution < -0.4 is 5.32 Å². The number of thiophene rings is 1. The van der Waals surface area contributed by atoms with Crippen LogP contribution in [0.5, 0.6) is 0 Å². The lowest BCUT2D eigenvalue weighted by atomic mass is 10.2. The molecule has 1 aromatic rings. The molecule has 2 rings (SSSR count). The molecule has 0 aromatic carbocycles. The molecule has 0 radical (unpaired) electrons. The number of hydrogen-bond donors (Lipinski definition) is 1. The van der Waals surface area contributed by atoms with Crippen LogP contribution in [0.1, 0.15) is 33.6 Å². The van der Waals surface area contributed by atoms with Crippen molar-refractivity contribution in [3.8, 4) is 0 Å². The molecule has 1 aliphatic rings. The van der Waals surface area contributed by atoms with E-state index in [4.69, 9.17) is 0 Å². The van der Waals surface area contributed by atoms with E-state index in [2.05, 4.69) is 31.0 Å². The number of hydrogen-bond acceptors (Lipinski definition) is 5. The highest BCUT2D eigenvalue weighted by atomic mass is 32.2. The lowest BCUT2D eigenvalue weighted by Gasteiger charge is -2.28. The van der Waals surface area contributed by atoms with E-state index in [1.807, 2.05) is 0 Å². The van der Waals surface area contributed by atoms with Crippen molar-refractivity contribution < 1.29 is 13.2 Å². The minimum absolute atomic E-state index is 0.188. The molecule has 8 heteroatoms. The molecule has 0 saturated carbocycles. The second kappa shape index (κ2) is 8.42. The predicted octanol–water partition coefficient (Wildman–Crippen LogP) is 1.75. The van der Waals surface area contributed by atoms with Gasteiger partial charge >= 0.3 is 0 Å². The Morgan fingerprint density at radius 3 is 2.75 bits per heavy atom. The summed E-state index contributed by atoms with van der Waals surface area (Å²) >= 11 is 1.19. The van der Waals surface area contributed by atoms with E-state index >= 15 is 0 Å². The maximum Gasteiger partial charge on any atom is 0.253 e. The number of nitrogens with zero attached hydrogens (tertiary/aromatic N) is 2. The minimum atomic E-state index is -3.57. The molecule has 2 atom stereocenters. The third-order valence-corrected chi connectivity index (χ3v) is 7.85. The number of rotatable bonds is 8. The Hall–Kier alpha value is -0.960. The van der Waals surface area contributed by atoms with Gasteiger partial charge in [0.1, 0.15) is 10.3 Å². The standard InChI is InChI=1S/C16H27N3O3S2/c1-4-18(5-2)13(3)12-17-16(20)14-8-6-10-19(14)24(21,22)15-9-7-11-23-15/h7,9,11,13-14H,4-6,8,10,12H2,1-3H3,(H,17,20)/t13-,14+/m0/s1. The monoisotopic (exact) mass is 373 g/mol. The van der Waals surface area contributed by atoms with Crippen LogP contribution in [0.4, 0.5) is 0 Å². The van der Waals surface area contributed by atoms with Gasteiger partial charge in [-0.3, -0.25) is 9.69 Å². The molecule has 1 aliphatic heterocycles. The first kappa shape index (κ1) is 19.4. The van der Waals surface area contributed by atoms with Crippen LogP contribution in [-0.2, 0) is 14.8 Å². The van der Waals surface area contributed by atoms with Crippen LogP contribution in [0.15, 0.2) is 21.7 Å². The van der Waals surface area contributed by atoms with Crippen molar-refractivity contribution >= 4 is 27.3 Å². The van der Waals surface area contributed by atoms with Crippen LogP contribution in [0, 0.1) is 0 Å². The Kier molecular flexibility index (Phi) is 6.79. The SMILES string of the molecule is CCN(CC)[C@@H](C)CNC(=O)[C@H]1CCCN1S(=O)(=O)c1cccs1. The van der Waals surface area contributed by atoms with Gasteiger partial charge in [0.05, 0.1) is 0 Å². The van der Waals surface area contributed by atoms with Gasteiger partial charge in [-0.2, -0.15) is 4.31 Å². The summed E-state index contributed by atoms with van der Waals surface area (Å²) < 4.78 is 27.1. The molecule has 2 heterocycles. The zero-order chi connectivity index (χ0) is 17.7. The fraction of sp³-hybridized carbons (Fsp3) is 0.688. The molecular formula is C16H27N3O3S2. The van der Waals surface area contributed by atoms with E-state index in [9.17, 15) is 13.2 Å². The smallest absolute Gasteiger partial charge is 0.253 e. The Morgan fingerprint density at radius 1 is 1.46 bits per heavy atom. The van der Waals surface area contributed by atoms with Crippen molar-refractivity contribution in [2.24, 2.45) is 0 Å². The van der Waals surface area contributed by atoms with Gasteiger partial charge in [0.25, 0.3) is 10.0 Å². The average molecular weight is 374 g/mol. The van der Waals surface area contributed by atoms with E-state index in [0.29, 0.717) is 30.1 Å². The first-order chi connectivity index (χ1) is 11.4. The Labute approximate surface area is 148 Å². The summed E-state index contributed by atoms with van der Waals surface area (Å²) in [5.74, 6) is -0.188. The van der Waals surface area contributed by atoms with Gasteiger partial charge in [-0.1, -0.05) is 19.9 Å². The van der Waals surface area contributed by atoms with Crippen molar-refractivity contribution in [3.63, 3.8) is 0 Å². The van der Waals surface area contributed by atoms with Gasteiger partial charge in [0, 0.05) is 19.1 Å². The molecule has 0 spiro atoms. The molecule has 0 aliphatic carbocycles. The minimum Gasteiger partial charge on any atom is -0.353 e. The summed E-state index contributed by atoms with van der Waals surface area (Å²) in [4.78, 5) is 14.8. The molecule has 0 unspecified atom stereocenters. The molecular weight excluding hydrogens is 346 g/mol. The predicted molar refractivity (Wildman–Crippen MR) is 96.6 cm³/mol. The molecule has 6 nitrogen and oxygen atoms in total. The fourth-order valence-corrected chi connectivity index (χ4v) is 5.93. The number of carbonyl (C=O) groups is 1. The van der Waals surface area contributed by atoms with Crippen molar-refractivity contribution in [2.45, 2.75) is 49.9 Å². The van der Waals surface area contributed by atoms with E-state index in [0.717, 1.165) is 13.1 Å². The van der Waals surface area contributed by atoms with Crippen molar-refractivity contribution in [1.82, 2.24) is 14.5 Å². The van der Waals surface area contributed by atoms with Crippen molar-refractivity contribution in [1.29, 1.82) is 0 Å². The molecule has 1 amide bonds. The summed E-state index contributed by atoms with van der Waals surface area (Å²) in [6.45, 7) is 9.05. The van der Waals surface area contributed by atoms with Gasteiger partial charge in [-0.05, 0) is 44.3 Å². The number of nitrogens with one attached hydrogen (secondary N) is 1. The number of carbonyl (C=O) groups excluding carboxylic acids is 1. The summed E-state index contributed by atoms with van der Waals surface area (Å²) in [7, 11) is -3.57. The van der Waals surface area contributed by atoms with E-state index in [1.165, 1.54) is 15.6 Å². The fourth-order valence-electron chi connectivity index (χ4n) is 3.16. The number of amides is 1. The van der Waals surface area contributed by atoms with Crippen LogP contribution in [0.3, 0.4) is 0 Å². The molecule has 1 N–H and O–H groups in total. The molecule has 1 aromatic heterocycles. The second-order valence-electron chi connectivity index (χ2n) is 6.02. The van der Waals surface area contributed by atoms with Gasteiger partial charge in [-0.15, -0.1) is 11.3 Å². The highest BCUT2D eigenvalue weighted by Crippen LogP contribution is 2.28. The van der Waals surface area contributed by atoms with E-state index in [1.54, 1.807) is 17.5 Å². The molecule has 24 heavy (non-hydrogen) atoms. The maximum atomic E-state index is 12.7. The lowest BCUT2D eigenvalue weighted by molar-refractivity contribution is -0.124. The summed E-state index contributed by atoms with van der Waals surface area (Å²) in [5.41, 5.74) is 0. The highest BCUT2D eigenvalue weighted by molar-refractivity contribution is 7.91. The molecule has 0 bridgehead atoms. The van der Waals surface area contributed by atoms with Crippen molar-refractivity contribution in [3.05, 3.63) is 17.5 Å². The zero-order valence-electron chi connectivity index (χ0n) is 14.6. The first-order valence-corrected chi connectivity index (χ1v) is 10.8. The lowest BCUT2D eigenvalue weighted by Crippen LogP contribution is -2.49. The molecule has 136 valence electrons. The second-order valence-corrected chi connectivity index (χ2v) is 9.09. The van der Waals surface area contributed by atoms with Crippen LogP contribution in [0.2, 0.25) is 0 Å². The van der Waals surface area contributed by atoms with Crippen LogP contribution >= 0.6 is 11.3 Å². The van der Waals surface area contributed by atoms with E-state index in [-0.39, 0.29) is 11.9 Å². The third kappa shape index (κ3) is 4.17. The van der Waals surface area contributed by atoms with Gasteiger partial charge in [0.2, 0.25) is 5.91 Å². The van der Waals surface area contributed by atoms with Gasteiger partial charge in [-0.25, -0.2) is 8.42 Å². The summed E-state index contributed by atoms with van der Waals surface area (Å²) in [6.07, 6.45) is 1.30. The topological polar surface area (TPSA) is 69.7 Å². The van der Waals surface area contributed by atoms with Crippen LogP contribution in [-0.4, -0.2) is 61.8 Å². The average Bonchev–Trinajstić information content (AvgIpc) is 3.25. The number of likely N-dealkylation sites (N-methyl/N-ethyl adjacent to an activating group) is 1. The molecule has 1 saturated heterocycles. The quantitative estimate of drug-likeness (QED) is 0.754. The number of sulfonamides is 1. The zero-order valence-corrected chi connectivity index (χ0v) is 16.2. The van der Waals surface area contributed by atoms with Crippen molar-refractivity contribution in [2.75, 3.05) is 26.2 Å². The Bertz CT molecular complexity index is 627. The summed E-state index contributed by atoms with van der Waals surface area (Å²) in [5, 5.41) is 4.68. The normalized spacial score (nSPS) is 20.4. The van der Waals surface area contributed by atoms with Gasteiger partial charge in [0.15, 0.2) is 0 Å². The van der Waals surface area contributed by atoms with E-state index < -0.39 is 16.1 Å². The Balaban J connectivity index is 2.01. The summed E-state index contributed by atoms with van der Waals surface area (Å²) in [6, 6.07) is 2.94. The first-order valence-electron chi connectivity index (χ1n) is 8.48. The largest absolute Gasteiger partial charge is 0.353 e. The highest BCUT2D eigenvalue weighted by Gasteiger charge is 2.39. The van der Waals surface area contributed by atoms with Gasteiger partial charge < -0.3 is 5.32 Å². The Morgan fingerprint density at radius 2 is 2.17 bits per heavy atom. The maximum absolute atomic E-state index is 12.7. The molecule has 1 fully saturated rings. The third-order valence-electron chi connectivity index (χ3n) is 4.57. The van der Waals surface area contributed by atoms with Crippen LogP contribution in [0.25, 0.3) is 0 Å².